The Balaban J connectivity index is 1.54. The Morgan fingerprint density at radius 3 is 2.46 bits per heavy atom. The SMILES string of the molecule is COc1cc(OC)c(NC(=O)CN2CCN(C(=O)c3cccs3)CC2)cc1Cl. The second kappa shape index (κ2) is 9.27. The highest BCUT2D eigenvalue weighted by Gasteiger charge is 2.24. The first kappa shape index (κ1) is 20.4. The molecule has 1 aromatic carbocycles. The first-order chi connectivity index (χ1) is 13.5. The van der Waals surface area contributed by atoms with Crippen molar-refractivity contribution in [1.82, 2.24) is 9.80 Å². The number of nitrogens with one attached hydrogen (secondary N) is 1. The highest BCUT2D eigenvalue weighted by Crippen LogP contribution is 2.35. The normalized spacial score (nSPS) is 14.6. The van der Waals surface area contributed by atoms with Crippen LogP contribution in [0.3, 0.4) is 0 Å². The van der Waals surface area contributed by atoms with Crippen LogP contribution in [0, 0.1) is 0 Å². The molecule has 7 nitrogen and oxygen atoms in total. The molecule has 0 spiro atoms. The molecule has 0 unspecified atom stereocenters. The predicted molar refractivity (Wildman–Crippen MR) is 110 cm³/mol. The summed E-state index contributed by atoms with van der Waals surface area (Å²) >= 11 is 7.59. The summed E-state index contributed by atoms with van der Waals surface area (Å²) in [5, 5.41) is 5.12. The number of methoxy groups -OCH3 is 2. The van der Waals surface area contributed by atoms with Gasteiger partial charge in [-0.3, -0.25) is 14.5 Å². The van der Waals surface area contributed by atoms with E-state index >= 15 is 0 Å². The number of amides is 2. The summed E-state index contributed by atoms with van der Waals surface area (Å²) in [6, 6.07) is 6.94. The minimum absolute atomic E-state index is 0.0525. The fourth-order valence-electron chi connectivity index (χ4n) is 3.02. The van der Waals surface area contributed by atoms with Crippen molar-refractivity contribution in [2.75, 3.05) is 52.3 Å². The standard InChI is InChI=1S/C19H22ClN3O4S/c1-26-15-11-16(27-2)14(10-13(15)20)21-18(24)12-22-5-7-23(8-6-22)19(25)17-4-3-9-28-17/h3-4,9-11H,5-8,12H2,1-2H3,(H,21,24). The molecule has 0 bridgehead atoms. The predicted octanol–water partition coefficient (Wildman–Crippen LogP) is 2.82. The maximum atomic E-state index is 12.5. The zero-order valence-corrected chi connectivity index (χ0v) is 17.3. The minimum atomic E-state index is -0.169. The van der Waals surface area contributed by atoms with Gasteiger partial charge in [-0.25, -0.2) is 0 Å². The first-order valence-electron chi connectivity index (χ1n) is 8.78. The van der Waals surface area contributed by atoms with Crippen molar-refractivity contribution in [3.8, 4) is 11.5 Å². The molecule has 3 rings (SSSR count). The number of thiophene rings is 1. The molecule has 1 N–H and O–H groups in total. The maximum absolute atomic E-state index is 12.5. The third-order valence-electron chi connectivity index (χ3n) is 4.51. The molecule has 1 saturated heterocycles. The number of ether oxygens (including phenoxy) is 2. The summed E-state index contributed by atoms with van der Waals surface area (Å²) < 4.78 is 10.5. The number of carbonyl (C=O) groups excluding carboxylic acids is 2. The van der Waals surface area contributed by atoms with Gasteiger partial charge in [0.15, 0.2) is 0 Å². The van der Waals surface area contributed by atoms with Crippen molar-refractivity contribution >= 4 is 40.4 Å². The smallest absolute Gasteiger partial charge is 0.264 e. The van der Waals surface area contributed by atoms with Gasteiger partial charge in [0.25, 0.3) is 5.91 Å². The topological polar surface area (TPSA) is 71.1 Å². The van der Waals surface area contributed by atoms with Gasteiger partial charge >= 0.3 is 0 Å². The number of rotatable bonds is 6. The van der Waals surface area contributed by atoms with Crippen LogP contribution >= 0.6 is 22.9 Å². The Morgan fingerprint density at radius 1 is 1.14 bits per heavy atom. The number of nitrogens with zero attached hydrogens (tertiary/aromatic N) is 2. The molecular formula is C19H22ClN3O4S. The van der Waals surface area contributed by atoms with Crippen molar-refractivity contribution in [2.45, 2.75) is 0 Å². The van der Waals surface area contributed by atoms with Gasteiger partial charge in [-0.05, 0) is 17.5 Å². The zero-order chi connectivity index (χ0) is 20.1. The summed E-state index contributed by atoms with van der Waals surface area (Å²) in [5.74, 6) is 0.832. The molecule has 1 aromatic heterocycles. The first-order valence-corrected chi connectivity index (χ1v) is 10.0. The Bertz CT molecular complexity index is 836. The van der Waals surface area contributed by atoms with E-state index in [9.17, 15) is 9.59 Å². The Morgan fingerprint density at radius 2 is 1.86 bits per heavy atom. The van der Waals surface area contributed by atoms with Crippen molar-refractivity contribution < 1.29 is 19.1 Å². The summed E-state index contributed by atoms with van der Waals surface area (Å²) in [5.41, 5.74) is 0.491. The molecule has 0 atom stereocenters. The number of carbonyl (C=O) groups is 2. The van der Waals surface area contributed by atoms with E-state index in [-0.39, 0.29) is 18.4 Å². The second-order valence-electron chi connectivity index (χ2n) is 6.28. The number of hydrogen-bond donors (Lipinski definition) is 1. The minimum Gasteiger partial charge on any atom is -0.495 e. The number of hydrogen-bond acceptors (Lipinski definition) is 6. The number of piperazine rings is 1. The summed E-state index contributed by atoms with van der Waals surface area (Å²) in [4.78, 5) is 29.4. The average molecular weight is 424 g/mol. The molecule has 9 heteroatoms. The van der Waals surface area contributed by atoms with Gasteiger partial charge in [-0.15, -0.1) is 11.3 Å². The van der Waals surface area contributed by atoms with Gasteiger partial charge in [-0.1, -0.05) is 17.7 Å². The molecular weight excluding hydrogens is 402 g/mol. The van der Waals surface area contributed by atoms with Crippen LogP contribution in [0.15, 0.2) is 29.6 Å². The second-order valence-corrected chi connectivity index (χ2v) is 7.64. The van der Waals surface area contributed by atoms with Crippen molar-refractivity contribution in [2.24, 2.45) is 0 Å². The van der Waals surface area contributed by atoms with E-state index in [1.165, 1.54) is 25.6 Å². The molecule has 1 aliphatic rings. The van der Waals surface area contributed by atoms with E-state index in [1.54, 1.807) is 12.1 Å². The lowest BCUT2D eigenvalue weighted by molar-refractivity contribution is -0.117. The third kappa shape index (κ3) is 4.76. The van der Waals surface area contributed by atoms with Gasteiger partial charge in [0.1, 0.15) is 11.5 Å². The quantitative estimate of drug-likeness (QED) is 0.773. The van der Waals surface area contributed by atoms with E-state index in [1.807, 2.05) is 27.3 Å². The maximum Gasteiger partial charge on any atom is 0.264 e. The molecule has 150 valence electrons. The van der Waals surface area contributed by atoms with Crippen LogP contribution in [-0.4, -0.2) is 68.6 Å². The van der Waals surface area contributed by atoms with Crippen LogP contribution in [0.4, 0.5) is 5.69 Å². The summed E-state index contributed by atoms with van der Waals surface area (Å²) in [6.45, 7) is 2.72. The number of benzene rings is 1. The monoisotopic (exact) mass is 423 g/mol. The Labute approximate surface area is 172 Å². The lowest BCUT2D eigenvalue weighted by atomic mass is 10.2. The molecule has 0 radical (unpaired) electrons. The zero-order valence-electron chi connectivity index (χ0n) is 15.7. The van der Waals surface area contributed by atoms with Crippen LogP contribution in [-0.2, 0) is 4.79 Å². The molecule has 0 aliphatic carbocycles. The van der Waals surface area contributed by atoms with E-state index in [4.69, 9.17) is 21.1 Å². The van der Waals surface area contributed by atoms with E-state index in [2.05, 4.69) is 5.32 Å². The highest BCUT2D eigenvalue weighted by molar-refractivity contribution is 7.12. The van der Waals surface area contributed by atoms with Crippen LogP contribution in [0.25, 0.3) is 0 Å². The average Bonchev–Trinajstić information content (AvgIpc) is 3.23. The van der Waals surface area contributed by atoms with Crippen molar-refractivity contribution in [3.05, 3.63) is 39.5 Å². The number of anilines is 1. The molecule has 28 heavy (non-hydrogen) atoms. The van der Waals surface area contributed by atoms with Gasteiger partial charge in [-0.2, -0.15) is 0 Å². The Hall–Kier alpha value is -2.29. The van der Waals surface area contributed by atoms with Crippen LogP contribution in [0.2, 0.25) is 5.02 Å². The van der Waals surface area contributed by atoms with Gasteiger partial charge in [0.05, 0.1) is 36.4 Å². The summed E-state index contributed by atoms with van der Waals surface area (Å²) in [7, 11) is 3.03. The molecule has 1 aliphatic heterocycles. The van der Waals surface area contributed by atoms with E-state index in [0.29, 0.717) is 48.4 Å². The lowest BCUT2D eigenvalue weighted by Crippen LogP contribution is -2.50. The molecule has 1 fully saturated rings. The fraction of sp³-hybridized carbons (Fsp3) is 0.368. The number of halogens is 1. The summed E-state index contributed by atoms with van der Waals surface area (Å²) in [6.07, 6.45) is 0. The largest absolute Gasteiger partial charge is 0.495 e. The molecule has 2 aromatic rings. The van der Waals surface area contributed by atoms with Crippen LogP contribution in [0.1, 0.15) is 9.67 Å². The molecule has 0 saturated carbocycles. The lowest BCUT2D eigenvalue weighted by Gasteiger charge is -2.34. The van der Waals surface area contributed by atoms with Crippen LogP contribution in [0.5, 0.6) is 11.5 Å². The van der Waals surface area contributed by atoms with Gasteiger partial charge in [0, 0.05) is 32.2 Å². The highest BCUT2D eigenvalue weighted by atomic mass is 35.5. The Kier molecular flexibility index (Phi) is 6.77. The fourth-order valence-corrected chi connectivity index (χ4v) is 3.95. The van der Waals surface area contributed by atoms with Crippen molar-refractivity contribution in [1.29, 1.82) is 0 Å². The van der Waals surface area contributed by atoms with Crippen molar-refractivity contribution in [3.63, 3.8) is 0 Å². The van der Waals surface area contributed by atoms with E-state index in [0.717, 1.165) is 4.88 Å². The van der Waals surface area contributed by atoms with Crippen LogP contribution < -0.4 is 14.8 Å². The molecule has 2 amide bonds. The van der Waals surface area contributed by atoms with Gasteiger partial charge < -0.3 is 19.7 Å². The van der Waals surface area contributed by atoms with E-state index < -0.39 is 0 Å². The third-order valence-corrected chi connectivity index (χ3v) is 5.66. The molecule has 2 heterocycles. The van der Waals surface area contributed by atoms with Gasteiger partial charge in [0.2, 0.25) is 5.91 Å².